The van der Waals surface area contributed by atoms with E-state index in [1.165, 1.54) is 5.56 Å². The molecule has 0 aliphatic carbocycles. The van der Waals surface area contributed by atoms with Crippen molar-refractivity contribution in [2.75, 3.05) is 39.8 Å². The molecular formula is C29H32N2O4. The molecule has 1 aromatic heterocycles. The molecule has 3 aromatic carbocycles. The molecule has 2 heterocycles. The monoisotopic (exact) mass is 472 g/mol. The number of hydrogen-bond acceptors (Lipinski definition) is 6. The van der Waals surface area contributed by atoms with E-state index in [0.29, 0.717) is 33.2 Å². The van der Waals surface area contributed by atoms with Crippen LogP contribution in [0, 0.1) is 13.8 Å². The quantitative estimate of drug-likeness (QED) is 0.391. The average molecular weight is 473 g/mol. The van der Waals surface area contributed by atoms with Crippen molar-refractivity contribution >= 4 is 27.7 Å². The van der Waals surface area contributed by atoms with Crippen molar-refractivity contribution in [1.29, 1.82) is 0 Å². The summed E-state index contributed by atoms with van der Waals surface area (Å²) in [6, 6.07) is 15.9. The van der Waals surface area contributed by atoms with Gasteiger partial charge in [-0.15, -0.1) is 0 Å². The van der Waals surface area contributed by atoms with Gasteiger partial charge in [0, 0.05) is 47.9 Å². The number of aryl methyl sites for hydroxylation is 2. The van der Waals surface area contributed by atoms with Gasteiger partial charge >= 0.3 is 5.97 Å². The van der Waals surface area contributed by atoms with E-state index in [1.54, 1.807) is 13.8 Å². The third-order valence-corrected chi connectivity index (χ3v) is 7.08. The predicted octanol–water partition coefficient (Wildman–Crippen LogP) is 5.42. The van der Waals surface area contributed by atoms with Gasteiger partial charge in [-0.05, 0) is 33.4 Å². The molecule has 1 fully saturated rings. The first-order chi connectivity index (χ1) is 16.9. The predicted molar refractivity (Wildman–Crippen MR) is 138 cm³/mol. The molecule has 0 radical (unpaired) electrons. The Kier molecular flexibility index (Phi) is 6.26. The number of piperazine rings is 1. The fraction of sp³-hybridized carbons (Fsp3) is 0.345. The zero-order chi connectivity index (χ0) is 24.7. The Hall–Kier alpha value is -3.35. The molecule has 1 atom stereocenters. The van der Waals surface area contributed by atoms with Crippen LogP contribution in [0.4, 0.5) is 0 Å². The number of benzene rings is 3. The van der Waals surface area contributed by atoms with Gasteiger partial charge in [0.15, 0.2) is 0 Å². The maximum Gasteiger partial charge on any atom is 0.342 e. The summed E-state index contributed by atoms with van der Waals surface area (Å²) < 4.78 is 11.7. The Morgan fingerprint density at radius 1 is 1.03 bits per heavy atom. The van der Waals surface area contributed by atoms with Gasteiger partial charge in [0.2, 0.25) is 0 Å². The topological polar surface area (TPSA) is 66.2 Å². The Morgan fingerprint density at radius 2 is 1.69 bits per heavy atom. The fourth-order valence-corrected chi connectivity index (χ4v) is 5.25. The number of carbonyl (C=O) groups is 1. The van der Waals surface area contributed by atoms with Crippen LogP contribution >= 0.6 is 0 Å². The second-order valence-corrected chi connectivity index (χ2v) is 9.42. The van der Waals surface area contributed by atoms with Crippen LogP contribution in [0.1, 0.15) is 45.8 Å². The van der Waals surface area contributed by atoms with Crippen LogP contribution in [0.5, 0.6) is 5.75 Å². The van der Waals surface area contributed by atoms with Crippen LogP contribution in [0.2, 0.25) is 0 Å². The minimum Gasteiger partial charge on any atom is -0.507 e. The van der Waals surface area contributed by atoms with E-state index in [-0.39, 0.29) is 18.4 Å². The zero-order valence-electron chi connectivity index (χ0n) is 20.8. The minimum absolute atomic E-state index is 0.184. The summed E-state index contributed by atoms with van der Waals surface area (Å²) in [5, 5.41) is 14.0. The van der Waals surface area contributed by atoms with Crippen molar-refractivity contribution < 1.29 is 19.1 Å². The largest absolute Gasteiger partial charge is 0.507 e. The van der Waals surface area contributed by atoms with E-state index >= 15 is 0 Å². The van der Waals surface area contributed by atoms with Crippen molar-refractivity contribution in [2.24, 2.45) is 0 Å². The maximum atomic E-state index is 13.2. The molecule has 6 nitrogen and oxygen atoms in total. The van der Waals surface area contributed by atoms with Crippen molar-refractivity contribution in [3.8, 4) is 5.75 Å². The zero-order valence-corrected chi connectivity index (χ0v) is 20.8. The standard InChI is InChI=1S/C29H32N2O4/c1-5-34-29(33)23-19(3)35-28-22-9-7-6-8-21(22)27(32)25(24(23)28)26(20-12-10-18(2)11-13-20)31-16-14-30(4)15-17-31/h6-13,26,32H,5,14-17H2,1-4H3/t26-/m1/s1. The van der Waals surface area contributed by atoms with E-state index in [9.17, 15) is 9.90 Å². The number of fused-ring (bicyclic) bond motifs is 3. The second-order valence-electron chi connectivity index (χ2n) is 9.42. The number of hydrogen-bond donors (Lipinski definition) is 1. The number of likely N-dealkylation sites (N-methyl/N-ethyl adjacent to an activating group) is 1. The summed E-state index contributed by atoms with van der Waals surface area (Å²) in [5.74, 6) is 0.251. The Morgan fingerprint density at radius 3 is 2.34 bits per heavy atom. The number of phenolic OH excluding ortho intramolecular Hbond substituents is 1. The van der Waals surface area contributed by atoms with Gasteiger partial charge in [0.05, 0.1) is 12.6 Å². The lowest BCUT2D eigenvalue weighted by atomic mass is 9.88. The highest BCUT2D eigenvalue weighted by atomic mass is 16.5. The van der Waals surface area contributed by atoms with Crippen LogP contribution < -0.4 is 0 Å². The first-order valence-electron chi connectivity index (χ1n) is 12.2. The third-order valence-electron chi connectivity index (χ3n) is 7.08. The molecular weight excluding hydrogens is 440 g/mol. The van der Waals surface area contributed by atoms with E-state index in [0.717, 1.165) is 37.1 Å². The maximum absolute atomic E-state index is 13.2. The highest BCUT2D eigenvalue weighted by Gasteiger charge is 2.34. The molecule has 0 bridgehead atoms. The van der Waals surface area contributed by atoms with Crippen LogP contribution in [0.25, 0.3) is 21.7 Å². The molecule has 1 aliphatic rings. The van der Waals surface area contributed by atoms with Gasteiger partial charge in [-0.1, -0.05) is 54.1 Å². The number of rotatable bonds is 5. The van der Waals surface area contributed by atoms with Crippen LogP contribution in [-0.4, -0.2) is 60.7 Å². The van der Waals surface area contributed by atoms with E-state index in [1.807, 2.05) is 24.3 Å². The van der Waals surface area contributed by atoms with Crippen molar-refractivity contribution in [3.63, 3.8) is 0 Å². The van der Waals surface area contributed by atoms with Crippen molar-refractivity contribution in [2.45, 2.75) is 26.8 Å². The van der Waals surface area contributed by atoms with E-state index in [4.69, 9.17) is 9.15 Å². The lowest BCUT2D eigenvalue weighted by molar-refractivity contribution is 0.0526. The molecule has 5 rings (SSSR count). The Labute approximate surface area is 205 Å². The molecule has 0 saturated carbocycles. The molecule has 4 aromatic rings. The average Bonchev–Trinajstić information content (AvgIpc) is 3.20. The summed E-state index contributed by atoms with van der Waals surface area (Å²) in [7, 11) is 2.13. The third kappa shape index (κ3) is 4.07. The van der Waals surface area contributed by atoms with E-state index in [2.05, 4.69) is 48.0 Å². The van der Waals surface area contributed by atoms with Crippen LogP contribution in [0.3, 0.4) is 0 Å². The van der Waals surface area contributed by atoms with Crippen molar-refractivity contribution in [3.05, 3.63) is 76.5 Å². The molecule has 1 saturated heterocycles. The lowest BCUT2D eigenvalue weighted by Crippen LogP contribution is -2.46. The number of aromatic hydroxyl groups is 1. The number of phenols is 1. The SMILES string of the molecule is CCOC(=O)c1c(C)oc2c1c([C@@H](c1ccc(C)cc1)N1CCN(C)CC1)c(O)c1ccccc12. The minimum atomic E-state index is -0.430. The first kappa shape index (κ1) is 23.4. The highest BCUT2D eigenvalue weighted by molar-refractivity contribution is 6.16. The first-order valence-corrected chi connectivity index (χ1v) is 12.2. The summed E-state index contributed by atoms with van der Waals surface area (Å²) in [5.41, 5.74) is 3.95. The van der Waals surface area contributed by atoms with Gasteiger partial charge in [-0.25, -0.2) is 4.79 Å². The number of nitrogens with zero attached hydrogens (tertiary/aromatic N) is 2. The second kappa shape index (κ2) is 9.36. The van der Waals surface area contributed by atoms with Crippen LogP contribution in [-0.2, 0) is 4.74 Å². The molecule has 0 amide bonds. The summed E-state index contributed by atoms with van der Waals surface area (Å²) in [6.07, 6.45) is 0. The number of esters is 1. The Balaban J connectivity index is 1.87. The Bertz CT molecular complexity index is 1380. The lowest BCUT2D eigenvalue weighted by Gasteiger charge is -2.39. The number of furan rings is 1. The van der Waals surface area contributed by atoms with Gasteiger partial charge in [-0.2, -0.15) is 0 Å². The molecule has 1 aliphatic heterocycles. The molecule has 35 heavy (non-hydrogen) atoms. The molecule has 182 valence electrons. The fourth-order valence-electron chi connectivity index (χ4n) is 5.25. The smallest absolute Gasteiger partial charge is 0.342 e. The molecule has 1 N–H and O–H groups in total. The van der Waals surface area contributed by atoms with Gasteiger partial charge in [0.25, 0.3) is 0 Å². The van der Waals surface area contributed by atoms with Crippen molar-refractivity contribution in [1.82, 2.24) is 9.80 Å². The molecule has 6 heteroatoms. The van der Waals surface area contributed by atoms with Gasteiger partial charge < -0.3 is 19.2 Å². The van der Waals surface area contributed by atoms with E-state index < -0.39 is 5.97 Å². The summed E-state index contributed by atoms with van der Waals surface area (Å²) in [4.78, 5) is 17.9. The summed E-state index contributed by atoms with van der Waals surface area (Å²) >= 11 is 0. The van der Waals surface area contributed by atoms with Gasteiger partial charge in [-0.3, -0.25) is 4.90 Å². The van der Waals surface area contributed by atoms with Gasteiger partial charge in [0.1, 0.15) is 22.7 Å². The highest BCUT2D eigenvalue weighted by Crippen LogP contribution is 2.47. The summed E-state index contributed by atoms with van der Waals surface area (Å²) in [6.45, 7) is 9.45. The molecule has 0 unspecified atom stereocenters. The molecule has 0 spiro atoms. The normalized spacial score (nSPS) is 16.1. The number of carbonyl (C=O) groups excluding carboxylic acids is 1. The van der Waals surface area contributed by atoms with Crippen LogP contribution in [0.15, 0.2) is 52.9 Å². The number of ether oxygens (including phenoxy) is 1.